The van der Waals surface area contributed by atoms with E-state index in [1.165, 1.54) is 24.3 Å². The molecule has 0 radical (unpaired) electrons. The van der Waals surface area contributed by atoms with E-state index < -0.39 is 10.7 Å². The number of pyridine rings is 1. The molecule has 3 aromatic rings. The van der Waals surface area contributed by atoms with Gasteiger partial charge < -0.3 is 19.3 Å². The van der Waals surface area contributed by atoms with Crippen LogP contribution in [0.2, 0.25) is 0 Å². The zero-order valence-corrected chi connectivity index (χ0v) is 18.7. The summed E-state index contributed by atoms with van der Waals surface area (Å²) in [6.45, 7) is 0.603. The molecule has 176 valence electrons. The Morgan fingerprint density at radius 1 is 1.24 bits per heavy atom. The molecule has 1 saturated heterocycles. The van der Waals surface area contributed by atoms with Crippen LogP contribution in [0.15, 0.2) is 60.8 Å². The number of aromatic nitrogens is 1. The number of anilines is 2. The highest BCUT2D eigenvalue weighted by Crippen LogP contribution is 2.30. The molecule has 0 N–H and O–H groups in total. The predicted molar refractivity (Wildman–Crippen MR) is 123 cm³/mol. The molecule has 10 heteroatoms. The maximum absolute atomic E-state index is 14.7. The van der Waals surface area contributed by atoms with E-state index in [-0.39, 0.29) is 30.0 Å². The Morgan fingerprint density at radius 3 is 2.65 bits per heavy atom. The van der Waals surface area contributed by atoms with Crippen LogP contribution in [0.4, 0.5) is 21.6 Å². The van der Waals surface area contributed by atoms with Crippen molar-refractivity contribution >= 4 is 23.1 Å². The monoisotopic (exact) mass is 466 g/mol. The van der Waals surface area contributed by atoms with Gasteiger partial charge in [-0.15, -0.1) is 0 Å². The molecule has 1 atom stereocenters. The normalized spacial score (nSPS) is 15.8. The quantitative estimate of drug-likeness (QED) is 0.382. The van der Waals surface area contributed by atoms with E-state index in [0.29, 0.717) is 30.3 Å². The fourth-order valence-electron chi connectivity index (χ4n) is 3.59. The number of carbonyl (C=O) groups excluding carboxylic acids is 1. The van der Waals surface area contributed by atoms with Gasteiger partial charge >= 0.3 is 0 Å². The van der Waals surface area contributed by atoms with Gasteiger partial charge in [-0.05, 0) is 42.3 Å². The zero-order chi connectivity index (χ0) is 24.2. The number of benzene rings is 2. The van der Waals surface area contributed by atoms with Gasteiger partial charge in [-0.1, -0.05) is 12.1 Å². The van der Waals surface area contributed by atoms with Crippen molar-refractivity contribution < 1.29 is 23.6 Å². The highest BCUT2D eigenvalue weighted by Gasteiger charge is 2.25. The van der Waals surface area contributed by atoms with E-state index >= 15 is 0 Å². The number of morpholine rings is 1. The molecule has 0 saturated carbocycles. The van der Waals surface area contributed by atoms with E-state index in [4.69, 9.17) is 9.47 Å². The van der Waals surface area contributed by atoms with Crippen molar-refractivity contribution in [3.63, 3.8) is 0 Å². The Labute approximate surface area is 195 Å². The molecular weight excluding hydrogens is 443 g/mol. The van der Waals surface area contributed by atoms with E-state index in [1.54, 1.807) is 42.1 Å². The predicted octanol–water partition coefficient (Wildman–Crippen LogP) is 4.09. The summed E-state index contributed by atoms with van der Waals surface area (Å²) in [5, 5.41) is 10.8. The molecule has 34 heavy (non-hydrogen) atoms. The molecule has 1 amide bonds. The first-order chi connectivity index (χ1) is 16.3. The number of ether oxygens (including phenoxy) is 2. The van der Waals surface area contributed by atoms with Gasteiger partial charge in [0.05, 0.1) is 17.6 Å². The lowest BCUT2D eigenvalue weighted by molar-refractivity contribution is -0.385. The van der Waals surface area contributed by atoms with E-state index in [9.17, 15) is 19.3 Å². The van der Waals surface area contributed by atoms with Crippen molar-refractivity contribution in [3.8, 4) is 11.5 Å². The van der Waals surface area contributed by atoms with Crippen LogP contribution in [0.5, 0.6) is 11.5 Å². The Balaban J connectivity index is 1.41. The number of amides is 1. The number of hydrogen-bond acceptors (Lipinski definition) is 7. The van der Waals surface area contributed by atoms with Gasteiger partial charge in [0.15, 0.2) is 11.6 Å². The number of likely N-dealkylation sites (N-methyl/N-ethyl adjacent to an activating group) is 1. The van der Waals surface area contributed by atoms with Crippen molar-refractivity contribution in [2.75, 3.05) is 32.2 Å². The third-order valence-electron chi connectivity index (χ3n) is 5.69. The van der Waals surface area contributed by atoms with Crippen LogP contribution >= 0.6 is 0 Å². The van der Waals surface area contributed by atoms with Gasteiger partial charge in [-0.2, -0.15) is 0 Å². The summed E-state index contributed by atoms with van der Waals surface area (Å²) < 4.78 is 25.8. The highest BCUT2D eigenvalue weighted by atomic mass is 19.1. The van der Waals surface area contributed by atoms with E-state index in [2.05, 4.69) is 4.98 Å². The number of nitrogens with zero attached hydrogens (tertiary/aromatic N) is 4. The lowest BCUT2D eigenvalue weighted by Gasteiger charge is -2.32. The summed E-state index contributed by atoms with van der Waals surface area (Å²) in [4.78, 5) is 29.4. The summed E-state index contributed by atoms with van der Waals surface area (Å²) >= 11 is 0. The average molecular weight is 466 g/mol. The summed E-state index contributed by atoms with van der Waals surface area (Å²) in [5.41, 5.74) is 1.40. The SMILES string of the molecule is CN(c1ccc(Oc2ccc(CC3COCC(=O)N3C)cc2)c(F)c1)c1ccc([N+](=O)[O-])cn1. The third-order valence-corrected chi connectivity index (χ3v) is 5.69. The Kier molecular flexibility index (Phi) is 6.69. The molecule has 1 aliphatic heterocycles. The molecule has 0 bridgehead atoms. The first-order valence-corrected chi connectivity index (χ1v) is 10.6. The molecule has 1 aromatic heterocycles. The fraction of sp³-hybridized carbons (Fsp3) is 0.250. The summed E-state index contributed by atoms with van der Waals surface area (Å²) in [5.74, 6) is 0.377. The molecule has 0 aliphatic carbocycles. The second-order valence-corrected chi connectivity index (χ2v) is 7.93. The van der Waals surface area contributed by atoms with Crippen LogP contribution < -0.4 is 9.64 Å². The maximum Gasteiger partial charge on any atom is 0.287 e. The largest absolute Gasteiger partial charge is 0.454 e. The van der Waals surface area contributed by atoms with Crippen molar-refractivity contribution in [2.45, 2.75) is 12.5 Å². The second-order valence-electron chi connectivity index (χ2n) is 7.93. The number of carbonyl (C=O) groups is 1. The lowest BCUT2D eigenvalue weighted by Crippen LogP contribution is -2.47. The number of rotatable bonds is 7. The molecule has 1 fully saturated rings. The number of hydrogen-bond donors (Lipinski definition) is 0. The minimum atomic E-state index is -0.560. The van der Waals surface area contributed by atoms with Crippen molar-refractivity contribution in [2.24, 2.45) is 0 Å². The van der Waals surface area contributed by atoms with Crippen LogP contribution in [0.1, 0.15) is 5.56 Å². The van der Waals surface area contributed by atoms with Gasteiger partial charge in [-0.3, -0.25) is 14.9 Å². The summed E-state index contributed by atoms with van der Waals surface area (Å²) in [7, 11) is 3.46. The molecule has 1 unspecified atom stereocenters. The van der Waals surface area contributed by atoms with Crippen LogP contribution in [0.3, 0.4) is 0 Å². The highest BCUT2D eigenvalue weighted by molar-refractivity contribution is 5.78. The minimum absolute atomic E-state index is 0.0276. The van der Waals surface area contributed by atoms with Gasteiger partial charge in [0, 0.05) is 31.9 Å². The maximum atomic E-state index is 14.7. The lowest BCUT2D eigenvalue weighted by atomic mass is 10.0. The average Bonchev–Trinajstić information content (AvgIpc) is 2.84. The van der Waals surface area contributed by atoms with Gasteiger partial charge in [-0.25, -0.2) is 9.37 Å². The first-order valence-electron chi connectivity index (χ1n) is 10.6. The molecule has 2 aromatic carbocycles. The zero-order valence-electron chi connectivity index (χ0n) is 18.7. The van der Waals surface area contributed by atoms with Crippen molar-refractivity contribution in [1.82, 2.24) is 9.88 Å². The van der Waals surface area contributed by atoms with Crippen LogP contribution in [0, 0.1) is 15.9 Å². The fourth-order valence-corrected chi connectivity index (χ4v) is 3.59. The van der Waals surface area contributed by atoms with Crippen molar-refractivity contribution in [3.05, 3.63) is 82.3 Å². The third kappa shape index (κ3) is 5.12. The van der Waals surface area contributed by atoms with E-state index in [0.717, 1.165) is 11.8 Å². The summed E-state index contributed by atoms with van der Waals surface area (Å²) in [6, 6.07) is 14.6. The van der Waals surface area contributed by atoms with E-state index in [1.807, 2.05) is 12.1 Å². The minimum Gasteiger partial charge on any atom is -0.454 e. The van der Waals surface area contributed by atoms with Crippen LogP contribution in [-0.2, 0) is 16.0 Å². The molecule has 9 nitrogen and oxygen atoms in total. The van der Waals surface area contributed by atoms with Gasteiger partial charge in [0.1, 0.15) is 24.4 Å². The van der Waals surface area contributed by atoms with Crippen LogP contribution in [0.25, 0.3) is 0 Å². The topological polar surface area (TPSA) is 98.0 Å². The first kappa shape index (κ1) is 23.1. The Hall–Kier alpha value is -4.05. The standard InChI is InChI=1S/C24H23FN4O5/c1-27(23-10-6-18(13-26-23)29(31)32)17-5-9-22(21(25)12-17)34-20-7-3-16(4-8-20)11-19-14-33-15-24(30)28(19)2/h3-10,12-13,19H,11,14-15H2,1-2H3. The van der Waals surface area contributed by atoms with Crippen LogP contribution in [-0.4, -0.2) is 54.1 Å². The molecular formula is C24H23FN4O5. The van der Waals surface area contributed by atoms with Gasteiger partial charge in [0.25, 0.3) is 5.69 Å². The summed E-state index contributed by atoms with van der Waals surface area (Å²) in [6.07, 6.45) is 1.80. The Bertz CT molecular complexity index is 1190. The number of halogens is 1. The second kappa shape index (κ2) is 9.84. The Morgan fingerprint density at radius 2 is 2.00 bits per heavy atom. The molecule has 0 spiro atoms. The number of nitro groups is 1. The van der Waals surface area contributed by atoms with Crippen molar-refractivity contribution in [1.29, 1.82) is 0 Å². The molecule has 4 rings (SSSR count). The smallest absolute Gasteiger partial charge is 0.287 e. The van der Waals surface area contributed by atoms with Gasteiger partial charge in [0.2, 0.25) is 5.91 Å². The molecule has 2 heterocycles. The molecule has 1 aliphatic rings.